The van der Waals surface area contributed by atoms with Gasteiger partial charge in [0.2, 0.25) is 0 Å². The van der Waals surface area contributed by atoms with Crippen LogP contribution < -0.4 is 45.6 Å². The van der Waals surface area contributed by atoms with Crippen molar-refractivity contribution < 1.29 is 132 Å². The zero-order valence-corrected chi connectivity index (χ0v) is 54.8. The van der Waals surface area contributed by atoms with Crippen molar-refractivity contribution in [1.29, 1.82) is 0 Å². The summed E-state index contributed by atoms with van der Waals surface area (Å²) in [6.07, 6.45) is -17.6. The number of aliphatic hydroxyl groups is 1. The Morgan fingerprint density at radius 3 is 0.970 bits per heavy atom. The van der Waals surface area contributed by atoms with E-state index in [4.69, 9.17) is 27.4 Å². The number of amides is 1. The Kier molecular flexibility index (Phi) is 26.3. The van der Waals surface area contributed by atoms with E-state index in [9.17, 15) is 93.4 Å². The smallest absolute Gasteiger partial charge is 0.478 e. The van der Waals surface area contributed by atoms with Crippen molar-refractivity contribution in [3.8, 4) is 34.5 Å². The minimum absolute atomic E-state index is 0.0699. The normalized spacial score (nSPS) is 14.5. The SMILES string of the molecule is CC(=O)C1=Cc2cc(OC(F)(F)F)ccc2C1.CC(N)C1=Cc2cc(OC(F)(F)F)ccc2C1.CC(N)C1=Cc2cc(OC(F)(F)F)ccc2C1.CN(CO)C(=O)C1=Cc2cc(OC(F)(F)F)ccc2C1.Nc1ccc(OC(F)(F)F)cc1I.O=C(O)C1=Cc2cc(OC(F)(F)F)ccc2C1. The third-order valence-corrected chi connectivity index (χ3v) is 15.2. The van der Waals surface area contributed by atoms with E-state index in [0.717, 1.165) is 49.4 Å². The number of nitrogen functional groups attached to an aromatic ring is 1. The van der Waals surface area contributed by atoms with Crippen LogP contribution in [0, 0.1) is 3.57 Å². The number of carbonyl (C=O) groups excluding carboxylic acids is 2. The number of benzene rings is 6. The number of nitrogens with two attached hydrogens (primary N) is 3. The number of ketones is 1. The summed E-state index contributed by atoms with van der Waals surface area (Å²) in [4.78, 5) is 34.8. The number of carboxylic acid groups (broad SMARTS) is 1. The minimum Gasteiger partial charge on any atom is -0.478 e. The summed E-state index contributed by atoms with van der Waals surface area (Å²) < 4.78 is 239. The lowest BCUT2D eigenvalue weighted by atomic mass is 10.1. The second kappa shape index (κ2) is 32.9. The number of fused-ring (bicyclic) bond motifs is 5. The molecule has 544 valence electrons. The monoisotopic (exact) mass is 1560 g/mol. The third-order valence-electron chi connectivity index (χ3n) is 14.3. The molecule has 0 saturated carbocycles. The molecule has 0 spiro atoms. The molecule has 0 saturated heterocycles. The highest BCUT2D eigenvalue weighted by Crippen LogP contribution is 2.38. The summed E-state index contributed by atoms with van der Waals surface area (Å²) in [5.41, 5.74) is 27.8. The number of carboxylic acids is 1. The van der Waals surface area contributed by atoms with E-state index in [0.29, 0.717) is 68.3 Å². The average Bonchev–Trinajstić information content (AvgIpc) is 1.70. The van der Waals surface area contributed by atoms with E-state index < -0.39 is 50.9 Å². The maximum atomic E-state index is 12.1. The highest BCUT2D eigenvalue weighted by atomic mass is 127. The van der Waals surface area contributed by atoms with Gasteiger partial charge in [-0.25, -0.2) is 4.79 Å². The van der Waals surface area contributed by atoms with Gasteiger partial charge in [-0.1, -0.05) is 42.5 Å². The van der Waals surface area contributed by atoms with Gasteiger partial charge in [-0.05, 0) is 226 Å². The lowest BCUT2D eigenvalue weighted by Gasteiger charge is -2.13. The Morgan fingerprint density at radius 2 is 0.693 bits per heavy atom. The Labute approximate surface area is 575 Å². The topological polar surface area (TPSA) is 228 Å². The van der Waals surface area contributed by atoms with Crippen LogP contribution in [0.1, 0.15) is 76.4 Å². The van der Waals surface area contributed by atoms with Gasteiger partial charge in [0.15, 0.2) is 5.78 Å². The molecule has 5 aliphatic carbocycles. The van der Waals surface area contributed by atoms with Crippen LogP contribution in [0.4, 0.5) is 84.7 Å². The van der Waals surface area contributed by atoms with Crippen molar-refractivity contribution in [2.75, 3.05) is 19.5 Å². The molecular weight excluding hydrogens is 1510 g/mol. The highest BCUT2D eigenvalue weighted by Gasteiger charge is 2.36. The summed E-state index contributed by atoms with van der Waals surface area (Å²) in [7, 11) is 1.43. The number of anilines is 1. The standard InChI is InChI=1S/C13H12F3NO3.2C12H12F3NO.C12H9F3O2.C11H7F3O3.C7H5F3INO/c1-17(7-18)12(19)10-4-8-2-3-11(6-9(8)5-10)20-13(14,15)16;3*1-7(16)9-4-8-2-3-11(6-10(8)5-9)17-12(13,14)15;12-11(13,14)17-9-2-1-6-3-8(10(15)16)4-7(6)5-9;8-7(9,10)13-4-1-2-6(12)5(11)3-4/h2-3,5-6,18H,4,7H2,1H3;2*2-3,5-7H,4,16H2,1H3;2-3,5-6H,4H2,1H3;1-2,4-5H,3H2,(H,15,16);1-3H,12H2. The predicted molar refractivity (Wildman–Crippen MR) is 340 cm³/mol. The van der Waals surface area contributed by atoms with Crippen LogP contribution in [0.25, 0.3) is 30.4 Å². The summed E-state index contributed by atoms with van der Waals surface area (Å²) >= 11 is 1.83. The number of hydrogen-bond donors (Lipinski definition) is 5. The number of carbonyl (C=O) groups is 3. The van der Waals surface area contributed by atoms with E-state index in [1.54, 1.807) is 24.3 Å². The molecule has 101 heavy (non-hydrogen) atoms. The van der Waals surface area contributed by atoms with Gasteiger partial charge in [0.1, 0.15) is 41.2 Å². The van der Waals surface area contributed by atoms with E-state index in [-0.39, 0.29) is 70.3 Å². The molecule has 5 aliphatic rings. The number of alkyl halides is 18. The van der Waals surface area contributed by atoms with Crippen LogP contribution in [0.15, 0.2) is 137 Å². The van der Waals surface area contributed by atoms with Crippen LogP contribution in [-0.4, -0.2) is 96.8 Å². The number of aliphatic carboxylic acids is 1. The first kappa shape index (κ1) is 80.6. The molecule has 8 N–H and O–H groups in total. The number of allylic oxidation sites excluding steroid dienone is 1. The molecule has 6 aromatic rings. The molecule has 2 unspecified atom stereocenters. The fourth-order valence-corrected chi connectivity index (χ4v) is 10.2. The van der Waals surface area contributed by atoms with E-state index >= 15 is 0 Å². The number of likely N-dealkylation sites (N-methyl/N-ethyl adjacent to an activating group) is 1. The molecule has 0 aliphatic heterocycles. The van der Waals surface area contributed by atoms with Gasteiger partial charge < -0.3 is 60.7 Å². The Hall–Kier alpha value is -9.42. The zero-order valence-electron chi connectivity index (χ0n) is 52.6. The summed E-state index contributed by atoms with van der Waals surface area (Å²) in [6.45, 7) is 4.72. The number of hydrogen-bond acceptors (Lipinski definition) is 13. The second-order valence-electron chi connectivity index (χ2n) is 22.2. The van der Waals surface area contributed by atoms with Crippen LogP contribution in [0.2, 0.25) is 0 Å². The van der Waals surface area contributed by atoms with Gasteiger partial charge in [-0.3, -0.25) is 9.59 Å². The predicted octanol–water partition coefficient (Wildman–Crippen LogP) is 16.2. The van der Waals surface area contributed by atoms with E-state index in [1.807, 2.05) is 48.6 Å². The third kappa shape index (κ3) is 26.2. The van der Waals surface area contributed by atoms with Gasteiger partial charge in [0, 0.05) is 58.8 Å². The number of halogens is 19. The fourth-order valence-electron chi connectivity index (χ4n) is 9.70. The maximum Gasteiger partial charge on any atom is 0.573 e. The lowest BCUT2D eigenvalue weighted by Crippen LogP contribution is -2.28. The van der Waals surface area contributed by atoms with Crippen molar-refractivity contribution in [3.63, 3.8) is 0 Å². The quantitative estimate of drug-likeness (QED) is 0.0332. The second-order valence-corrected chi connectivity index (χ2v) is 23.3. The van der Waals surface area contributed by atoms with Crippen molar-refractivity contribution in [2.45, 2.75) is 103 Å². The molecule has 11 rings (SSSR count). The first-order valence-corrected chi connectivity index (χ1v) is 30.0. The molecule has 0 heterocycles. The molecular formula is C67H57F18IN4O11. The Balaban J connectivity index is 0.000000191. The number of nitrogens with zero attached hydrogens (tertiary/aromatic N) is 1. The summed E-state index contributed by atoms with van der Waals surface area (Å²) in [5.74, 6) is -3.09. The first-order chi connectivity index (χ1) is 46.6. The van der Waals surface area contributed by atoms with E-state index in [2.05, 4.69) is 28.4 Å². The van der Waals surface area contributed by atoms with Gasteiger partial charge >= 0.3 is 44.1 Å². The summed E-state index contributed by atoms with van der Waals surface area (Å²) in [5, 5.41) is 17.6. The average molecular weight is 1560 g/mol. The van der Waals surface area contributed by atoms with Crippen molar-refractivity contribution in [2.24, 2.45) is 11.5 Å². The van der Waals surface area contributed by atoms with Crippen LogP contribution >= 0.6 is 22.6 Å². The molecule has 2 atom stereocenters. The maximum absolute atomic E-state index is 12.1. The molecule has 0 bridgehead atoms. The molecule has 6 aromatic carbocycles. The fraction of sp³-hybridized carbons (Fsp3) is 0.269. The molecule has 34 heteroatoms. The van der Waals surface area contributed by atoms with Gasteiger partial charge in [-0.15, -0.1) is 79.0 Å². The molecule has 0 radical (unpaired) electrons. The van der Waals surface area contributed by atoms with Crippen molar-refractivity contribution in [3.05, 3.63) is 196 Å². The van der Waals surface area contributed by atoms with Crippen LogP contribution in [-0.2, 0) is 46.5 Å². The highest BCUT2D eigenvalue weighted by molar-refractivity contribution is 14.1. The molecule has 0 aromatic heterocycles. The molecule has 0 fully saturated rings. The van der Waals surface area contributed by atoms with E-state index in [1.165, 1.54) is 117 Å². The zero-order chi connectivity index (χ0) is 75.5. The summed E-state index contributed by atoms with van der Waals surface area (Å²) in [6, 6.07) is 24.1. The molecule has 15 nitrogen and oxygen atoms in total. The number of aliphatic hydroxyl groups excluding tert-OH is 1. The lowest BCUT2D eigenvalue weighted by molar-refractivity contribution is -0.275. The number of rotatable bonds is 12. The van der Waals surface area contributed by atoms with Gasteiger partial charge in [-0.2, -0.15) is 0 Å². The molecule has 1 amide bonds. The number of Topliss-reactive ketones (excluding diaryl/α,β-unsaturated/α-hetero) is 1. The van der Waals surface area contributed by atoms with Crippen molar-refractivity contribution >= 4 is 76.3 Å². The number of ether oxygens (including phenoxy) is 6. The van der Waals surface area contributed by atoms with Crippen molar-refractivity contribution in [1.82, 2.24) is 4.90 Å². The largest absolute Gasteiger partial charge is 0.573 e. The van der Waals surface area contributed by atoms with Gasteiger partial charge in [0.25, 0.3) is 5.91 Å². The minimum atomic E-state index is -4.74. The first-order valence-electron chi connectivity index (χ1n) is 29.0. The van der Waals surface area contributed by atoms with Gasteiger partial charge in [0.05, 0.1) is 0 Å². The van der Waals surface area contributed by atoms with Crippen LogP contribution in [0.3, 0.4) is 0 Å². The van der Waals surface area contributed by atoms with Crippen LogP contribution in [0.5, 0.6) is 34.5 Å². The Bertz CT molecular complexity index is 3990. The Morgan fingerprint density at radius 1 is 0.436 bits per heavy atom.